The maximum atomic E-state index is 13.0. The van der Waals surface area contributed by atoms with E-state index in [-0.39, 0.29) is 23.6 Å². The summed E-state index contributed by atoms with van der Waals surface area (Å²) < 4.78 is 24.0. The smallest absolute Gasteiger partial charge is 0.322 e. The highest BCUT2D eigenvalue weighted by molar-refractivity contribution is 7.91. The number of carbonyl (C=O) groups excluding carboxylic acids is 1. The molecule has 0 aliphatic carbocycles. The van der Waals surface area contributed by atoms with E-state index in [1.807, 2.05) is 42.5 Å². The lowest BCUT2D eigenvalue weighted by molar-refractivity contribution is 0.190. The van der Waals surface area contributed by atoms with Gasteiger partial charge in [-0.3, -0.25) is 0 Å². The first-order valence-electron chi connectivity index (χ1n) is 10.1. The van der Waals surface area contributed by atoms with Crippen molar-refractivity contribution in [3.05, 3.63) is 60.2 Å². The highest BCUT2D eigenvalue weighted by Crippen LogP contribution is 2.23. The Kier molecular flexibility index (Phi) is 6.79. The number of nitrogens with zero attached hydrogens (tertiary/aromatic N) is 2. The first-order chi connectivity index (χ1) is 13.9. The maximum Gasteiger partial charge on any atom is 0.322 e. The molecule has 2 amide bonds. The fourth-order valence-corrected chi connectivity index (χ4v) is 5.43. The van der Waals surface area contributed by atoms with Crippen LogP contribution in [0.5, 0.6) is 0 Å². The number of amides is 2. The fraction of sp³-hybridized carbons (Fsp3) is 0.409. The number of rotatable bonds is 7. The Balaban J connectivity index is 1.78. The Morgan fingerprint density at radius 3 is 2.24 bits per heavy atom. The molecule has 1 fully saturated rings. The predicted octanol–water partition coefficient (Wildman–Crippen LogP) is 3.75. The minimum Gasteiger partial charge on any atom is -0.372 e. The van der Waals surface area contributed by atoms with Crippen molar-refractivity contribution in [1.82, 2.24) is 4.90 Å². The van der Waals surface area contributed by atoms with Crippen molar-refractivity contribution in [1.29, 1.82) is 0 Å². The molecule has 6 nitrogen and oxygen atoms in total. The van der Waals surface area contributed by atoms with Crippen LogP contribution in [0.1, 0.15) is 25.8 Å². The second-order valence-corrected chi connectivity index (χ2v) is 9.55. The van der Waals surface area contributed by atoms with E-state index in [4.69, 9.17) is 0 Å². The van der Waals surface area contributed by atoms with Gasteiger partial charge in [0.15, 0.2) is 9.84 Å². The zero-order valence-electron chi connectivity index (χ0n) is 17.0. The summed E-state index contributed by atoms with van der Waals surface area (Å²) in [6.07, 6.45) is 0.474. The summed E-state index contributed by atoms with van der Waals surface area (Å²) in [7, 11) is -3.09. The van der Waals surface area contributed by atoms with E-state index in [1.54, 1.807) is 4.90 Å². The lowest BCUT2D eigenvalue weighted by atomic mass is 10.1. The van der Waals surface area contributed by atoms with Crippen LogP contribution in [-0.4, -0.2) is 50.0 Å². The van der Waals surface area contributed by atoms with E-state index < -0.39 is 9.84 Å². The number of urea groups is 1. The number of carbonyl (C=O) groups is 1. The Hall–Kier alpha value is -2.54. The lowest BCUT2D eigenvalue weighted by Gasteiger charge is -2.29. The van der Waals surface area contributed by atoms with Gasteiger partial charge in [0.2, 0.25) is 0 Å². The zero-order chi connectivity index (χ0) is 20.9. The molecular formula is C22H29N3O3S. The number of anilines is 2. The number of sulfone groups is 1. The summed E-state index contributed by atoms with van der Waals surface area (Å²) in [5.74, 6) is 0.153. The van der Waals surface area contributed by atoms with Crippen molar-refractivity contribution in [3.8, 4) is 0 Å². The lowest BCUT2D eigenvalue weighted by Crippen LogP contribution is -2.43. The molecule has 29 heavy (non-hydrogen) atoms. The van der Waals surface area contributed by atoms with Crippen LogP contribution in [0.3, 0.4) is 0 Å². The fourth-order valence-electron chi connectivity index (χ4n) is 3.70. The van der Waals surface area contributed by atoms with Crippen LogP contribution in [0, 0.1) is 0 Å². The average Bonchev–Trinajstić information content (AvgIpc) is 3.08. The molecule has 2 aromatic carbocycles. The van der Waals surface area contributed by atoms with Gasteiger partial charge in [-0.2, -0.15) is 0 Å². The minimum atomic E-state index is -3.09. The molecule has 1 N–H and O–H groups in total. The van der Waals surface area contributed by atoms with E-state index in [0.29, 0.717) is 18.7 Å². The minimum absolute atomic E-state index is 0.0206. The van der Waals surface area contributed by atoms with Crippen LogP contribution in [-0.2, 0) is 16.4 Å². The maximum absolute atomic E-state index is 13.0. The largest absolute Gasteiger partial charge is 0.372 e. The van der Waals surface area contributed by atoms with Crippen LogP contribution in [0.15, 0.2) is 54.6 Å². The van der Waals surface area contributed by atoms with Crippen molar-refractivity contribution in [2.45, 2.75) is 32.9 Å². The summed E-state index contributed by atoms with van der Waals surface area (Å²) in [6.45, 7) is 6.47. The molecular weight excluding hydrogens is 386 g/mol. The molecule has 3 rings (SSSR count). The second-order valence-electron chi connectivity index (χ2n) is 7.32. The molecule has 1 aliphatic heterocycles. The SMILES string of the molecule is CCN(CC)c1ccc(CN(C(=O)Nc2ccccc2)C2CCS(=O)(=O)C2)cc1. The van der Waals surface area contributed by atoms with Gasteiger partial charge in [-0.05, 0) is 50.1 Å². The number of para-hydroxylation sites is 1. The van der Waals surface area contributed by atoms with Crippen LogP contribution < -0.4 is 10.2 Å². The molecule has 1 aliphatic rings. The highest BCUT2D eigenvalue weighted by atomic mass is 32.2. The van der Waals surface area contributed by atoms with E-state index in [2.05, 4.69) is 36.2 Å². The summed E-state index contributed by atoms with van der Waals surface area (Å²) in [6, 6.07) is 16.8. The van der Waals surface area contributed by atoms with Crippen molar-refractivity contribution in [2.75, 3.05) is 34.8 Å². The van der Waals surface area contributed by atoms with Gasteiger partial charge in [-0.1, -0.05) is 30.3 Å². The molecule has 1 heterocycles. The first-order valence-corrected chi connectivity index (χ1v) is 11.9. The van der Waals surface area contributed by atoms with E-state index in [9.17, 15) is 13.2 Å². The Morgan fingerprint density at radius 2 is 1.69 bits per heavy atom. The predicted molar refractivity (Wildman–Crippen MR) is 118 cm³/mol. The molecule has 0 spiro atoms. The Labute approximate surface area is 173 Å². The molecule has 0 radical (unpaired) electrons. The summed E-state index contributed by atoms with van der Waals surface area (Å²) >= 11 is 0. The van der Waals surface area contributed by atoms with Crippen molar-refractivity contribution < 1.29 is 13.2 Å². The molecule has 7 heteroatoms. The molecule has 1 unspecified atom stereocenters. The Bertz CT molecular complexity index is 910. The first kappa shape index (κ1) is 21.2. The molecule has 0 saturated carbocycles. The van der Waals surface area contributed by atoms with Crippen molar-refractivity contribution >= 4 is 27.2 Å². The Morgan fingerprint density at radius 1 is 1.03 bits per heavy atom. The third kappa shape index (κ3) is 5.50. The number of nitrogens with one attached hydrogen (secondary N) is 1. The van der Waals surface area contributed by atoms with Gasteiger partial charge >= 0.3 is 6.03 Å². The standard InChI is InChI=1S/C22H29N3O3S/c1-3-24(4-2)20-12-10-18(11-13-20)16-25(21-14-15-29(27,28)17-21)22(26)23-19-8-6-5-7-9-19/h5-13,21H,3-4,14-17H2,1-2H3,(H,23,26). The highest BCUT2D eigenvalue weighted by Gasteiger charge is 2.34. The van der Waals surface area contributed by atoms with E-state index >= 15 is 0 Å². The number of benzene rings is 2. The van der Waals surface area contributed by atoms with Crippen molar-refractivity contribution in [2.24, 2.45) is 0 Å². The van der Waals surface area contributed by atoms with Crippen LogP contribution >= 0.6 is 0 Å². The van der Waals surface area contributed by atoms with Gasteiger partial charge in [-0.25, -0.2) is 13.2 Å². The number of hydrogen-bond donors (Lipinski definition) is 1. The normalized spacial score (nSPS) is 17.7. The molecule has 0 aromatic heterocycles. The molecule has 1 atom stereocenters. The van der Waals surface area contributed by atoms with Crippen LogP contribution in [0.2, 0.25) is 0 Å². The third-order valence-electron chi connectivity index (χ3n) is 5.35. The molecule has 2 aromatic rings. The van der Waals surface area contributed by atoms with E-state index in [1.165, 1.54) is 0 Å². The second kappa shape index (κ2) is 9.31. The third-order valence-corrected chi connectivity index (χ3v) is 7.10. The van der Waals surface area contributed by atoms with Gasteiger partial charge in [0.1, 0.15) is 0 Å². The molecule has 1 saturated heterocycles. The van der Waals surface area contributed by atoms with Crippen LogP contribution in [0.25, 0.3) is 0 Å². The van der Waals surface area contributed by atoms with Gasteiger partial charge in [0.25, 0.3) is 0 Å². The summed E-state index contributed by atoms with van der Waals surface area (Å²) in [5, 5.41) is 2.90. The quantitative estimate of drug-likeness (QED) is 0.748. The van der Waals surface area contributed by atoms with Gasteiger partial charge in [0.05, 0.1) is 11.5 Å². The van der Waals surface area contributed by atoms with E-state index in [0.717, 1.165) is 24.3 Å². The average molecular weight is 416 g/mol. The van der Waals surface area contributed by atoms with Gasteiger partial charge in [0, 0.05) is 37.1 Å². The van der Waals surface area contributed by atoms with Gasteiger partial charge in [-0.15, -0.1) is 0 Å². The zero-order valence-corrected chi connectivity index (χ0v) is 17.9. The summed E-state index contributed by atoms with van der Waals surface area (Å²) in [4.78, 5) is 16.9. The monoisotopic (exact) mass is 415 g/mol. The van der Waals surface area contributed by atoms with Crippen LogP contribution in [0.4, 0.5) is 16.2 Å². The van der Waals surface area contributed by atoms with Crippen molar-refractivity contribution in [3.63, 3.8) is 0 Å². The molecule has 0 bridgehead atoms. The molecule has 156 valence electrons. The topological polar surface area (TPSA) is 69.7 Å². The summed E-state index contributed by atoms with van der Waals surface area (Å²) in [5.41, 5.74) is 2.82. The van der Waals surface area contributed by atoms with Gasteiger partial charge < -0.3 is 15.1 Å². The number of hydrogen-bond acceptors (Lipinski definition) is 4.